The van der Waals surface area contributed by atoms with E-state index < -0.39 is 0 Å². The highest BCUT2D eigenvalue weighted by molar-refractivity contribution is 6.37. The van der Waals surface area contributed by atoms with Gasteiger partial charge in [-0.05, 0) is 30.3 Å². The summed E-state index contributed by atoms with van der Waals surface area (Å²) in [5.74, 6) is -0.341. The minimum Gasteiger partial charge on any atom is -0.493 e. The highest BCUT2D eigenvalue weighted by atomic mass is 16.3. The molecule has 37 heavy (non-hydrogen) atoms. The molecule has 0 saturated carbocycles. The molecule has 178 valence electrons. The number of rotatable bonds is 5. The Morgan fingerprint density at radius 1 is 0.649 bits per heavy atom. The van der Waals surface area contributed by atoms with Crippen molar-refractivity contribution in [2.75, 3.05) is 5.01 Å². The third kappa shape index (κ3) is 4.10. The van der Waals surface area contributed by atoms with E-state index in [1.807, 2.05) is 121 Å². The molecule has 6 rings (SSSR count). The Morgan fingerprint density at radius 3 is 1.76 bits per heavy atom. The number of hydrogen-bond acceptors (Lipinski definition) is 4. The highest BCUT2D eigenvalue weighted by Crippen LogP contribution is 2.36. The number of anilines is 1. The van der Waals surface area contributed by atoms with Crippen LogP contribution in [0.1, 0.15) is 11.1 Å². The van der Waals surface area contributed by atoms with Gasteiger partial charge in [0, 0.05) is 11.1 Å². The summed E-state index contributed by atoms with van der Waals surface area (Å²) in [6.45, 7) is 0. The Bertz CT molecular complexity index is 1620. The Balaban J connectivity index is 1.56. The molecule has 2 heterocycles. The van der Waals surface area contributed by atoms with Crippen molar-refractivity contribution in [3.8, 4) is 22.8 Å². The lowest BCUT2D eigenvalue weighted by Gasteiger charge is -2.11. The maximum absolute atomic E-state index is 13.8. The number of hydrazone groups is 1. The second-order valence-electron chi connectivity index (χ2n) is 8.52. The van der Waals surface area contributed by atoms with E-state index in [9.17, 15) is 9.90 Å². The van der Waals surface area contributed by atoms with Gasteiger partial charge in [-0.15, -0.1) is 0 Å². The summed E-state index contributed by atoms with van der Waals surface area (Å²) in [6.07, 6.45) is 1.70. The summed E-state index contributed by atoms with van der Waals surface area (Å²) in [4.78, 5) is 13.8. The van der Waals surface area contributed by atoms with Crippen LogP contribution in [0.5, 0.6) is 5.88 Å². The summed E-state index contributed by atoms with van der Waals surface area (Å²) in [5.41, 5.74) is 4.90. The number of benzene rings is 4. The number of para-hydroxylation sites is 2. The van der Waals surface area contributed by atoms with Crippen molar-refractivity contribution in [3.63, 3.8) is 0 Å². The summed E-state index contributed by atoms with van der Waals surface area (Å²) >= 11 is 0. The number of hydrogen-bond donors (Lipinski definition) is 1. The van der Waals surface area contributed by atoms with Gasteiger partial charge in [-0.3, -0.25) is 4.79 Å². The van der Waals surface area contributed by atoms with Crippen LogP contribution in [0, 0.1) is 0 Å². The van der Waals surface area contributed by atoms with Crippen molar-refractivity contribution in [2.45, 2.75) is 0 Å². The van der Waals surface area contributed by atoms with Crippen LogP contribution >= 0.6 is 0 Å². The van der Waals surface area contributed by atoms with Crippen molar-refractivity contribution in [2.24, 2.45) is 5.10 Å². The minimum atomic E-state index is -0.282. The van der Waals surface area contributed by atoms with Crippen LogP contribution in [0.25, 0.3) is 23.0 Å². The van der Waals surface area contributed by atoms with Gasteiger partial charge in [0.25, 0.3) is 5.91 Å². The smallest absolute Gasteiger partial charge is 0.281 e. The topological polar surface area (TPSA) is 70.7 Å². The molecule has 0 atom stereocenters. The Morgan fingerprint density at radius 2 is 1.16 bits per heavy atom. The van der Waals surface area contributed by atoms with Gasteiger partial charge in [-0.2, -0.15) is 15.2 Å². The molecule has 1 N–H and O–H groups in total. The van der Waals surface area contributed by atoms with Crippen LogP contribution in [0.15, 0.2) is 132 Å². The van der Waals surface area contributed by atoms with Gasteiger partial charge in [-0.1, -0.05) is 97.1 Å². The summed E-state index contributed by atoms with van der Waals surface area (Å²) in [7, 11) is 0. The normalized spacial score (nSPS) is 14.3. The standard InChI is InChI=1S/C31H22N4O2/c36-30-26(28(22-13-5-1-6-14-22)32-34(30)24-17-9-3-10-18-24)21-27-29(23-15-7-2-8-16-23)33-35(31(27)37)25-19-11-4-12-20-25/h1-21,36H. The molecule has 0 spiro atoms. The summed E-state index contributed by atoms with van der Waals surface area (Å²) in [6, 6.07) is 37.9. The van der Waals surface area contributed by atoms with Crippen LogP contribution < -0.4 is 5.01 Å². The van der Waals surface area contributed by atoms with Gasteiger partial charge < -0.3 is 5.11 Å². The Hall–Kier alpha value is -5.23. The first-order valence-corrected chi connectivity index (χ1v) is 11.9. The zero-order valence-corrected chi connectivity index (χ0v) is 19.8. The molecule has 0 fully saturated rings. The van der Waals surface area contributed by atoms with Crippen LogP contribution in [-0.4, -0.2) is 26.5 Å². The number of nitrogens with zero attached hydrogens (tertiary/aromatic N) is 4. The van der Waals surface area contributed by atoms with E-state index in [1.165, 1.54) is 9.69 Å². The molecule has 1 aliphatic rings. The number of amides is 1. The van der Waals surface area contributed by atoms with Crippen molar-refractivity contribution in [1.82, 2.24) is 9.78 Å². The lowest BCUT2D eigenvalue weighted by Crippen LogP contribution is -2.21. The van der Waals surface area contributed by atoms with Gasteiger partial charge >= 0.3 is 0 Å². The molecule has 6 nitrogen and oxygen atoms in total. The second kappa shape index (κ2) is 9.43. The van der Waals surface area contributed by atoms with E-state index in [2.05, 4.69) is 0 Å². The molecule has 4 aromatic carbocycles. The maximum Gasteiger partial charge on any atom is 0.281 e. The molecule has 0 aliphatic carbocycles. The van der Waals surface area contributed by atoms with Gasteiger partial charge in [-0.25, -0.2) is 4.68 Å². The third-order valence-electron chi connectivity index (χ3n) is 6.16. The lowest BCUT2D eigenvalue weighted by atomic mass is 9.99. The van der Waals surface area contributed by atoms with E-state index in [4.69, 9.17) is 10.2 Å². The van der Waals surface area contributed by atoms with Gasteiger partial charge in [0.05, 0.1) is 22.5 Å². The highest BCUT2D eigenvalue weighted by Gasteiger charge is 2.33. The molecule has 0 radical (unpaired) electrons. The molecule has 0 unspecified atom stereocenters. The third-order valence-corrected chi connectivity index (χ3v) is 6.16. The minimum absolute atomic E-state index is 0.0593. The van der Waals surface area contributed by atoms with Gasteiger partial charge in [0.15, 0.2) is 0 Å². The average molecular weight is 483 g/mol. The quantitative estimate of drug-likeness (QED) is 0.309. The lowest BCUT2D eigenvalue weighted by molar-refractivity contribution is -0.114. The van der Waals surface area contributed by atoms with Crippen molar-refractivity contribution >= 4 is 23.4 Å². The molecule has 1 amide bonds. The van der Waals surface area contributed by atoms with E-state index in [1.54, 1.807) is 6.08 Å². The summed E-state index contributed by atoms with van der Waals surface area (Å²) in [5, 5.41) is 22.3. The first-order chi connectivity index (χ1) is 18.2. The fourth-order valence-corrected chi connectivity index (χ4v) is 4.36. The Kier molecular flexibility index (Phi) is 5.67. The van der Waals surface area contributed by atoms with E-state index in [-0.39, 0.29) is 11.8 Å². The fourth-order valence-electron chi connectivity index (χ4n) is 4.36. The summed E-state index contributed by atoms with van der Waals surface area (Å²) < 4.78 is 1.49. The molecular formula is C31H22N4O2. The molecule has 1 aromatic heterocycles. The van der Waals surface area contributed by atoms with Gasteiger partial charge in [0.1, 0.15) is 11.4 Å². The molecule has 0 saturated heterocycles. The zero-order valence-electron chi connectivity index (χ0n) is 19.8. The van der Waals surface area contributed by atoms with Crippen LogP contribution in [0.4, 0.5) is 5.69 Å². The van der Waals surface area contributed by atoms with E-state index in [0.717, 1.165) is 11.1 Å². The van der Waals surface area contributed by atoms with Crippen LogP contribution in [0.2, 0.25) is 0 Å². The number of aromatic hydroxyl groups is 1. The monoisotopic (exact) mass is 482 g/mol. The van der Waals surface area contributed by atoms with E-state index >= 15 is 0 Å². The van der Waals surface area contributed by atoms with Crippen LogP contribution in [-0.2, 0) is 4.79 Å². The predicted octanol–water partition coefficient (Wildman–Crippen LogP) is 6.08. The van der Waals surface area contributed by atoms with Crippen molar-refractivity contribution < 1.29 is 9.90 Å². The van der Waals surface area contributed by atoms with E-state index in [0.29, 0.717) is 33.9 Å². The average Bonchev–Trinajstić information content (AvgIpc) is 3.47. The fraction of sp³-hybridized carbons (Fsp3) is 0. The zero-order chi connectivity index (χ0) is 25.2. The molecule has 1 aliphatic heterocycles. The number of carbonyl (C=O) groups excluding carboxylic acids is 1. The maximum atomic E-state index is 13.8. The number of carbonyl (C=O) groups is 1. The first kappa shape index (κ1) is 22.2. The second-order valence-corrected chi connectivity index (χ2v) is 8.52. The van der Waals surface area contributed by atoms with Gasteiger partial charge in [0.2, 0.25) is 5.88 Å². The van der Waals surface area contributed by atoms with Crippen molar-refractivity contribution in [1.29, 1.82) is 0 Å². The molecule has 0 bridgehead atoms. The molecular weight excluding hydrogens is 460 g/mol. The Labute approximate surface area is 214 Å². The SMILES string of the molecule is O=C1C(=Cc2c(-c3ccccc3)nn(-c3ccccc3)c2O)C(c2ccccc2)=NN1c1ccccc1. The largest absolute Gasteiger partial charge is 0.493 e. The first-order valence-electron chi connectivity index (χ1n) is 11.9. The predicted molar refractivity (Wildman–Crippen MR) is 146 cm³/mol. The number of aromatic nitrogens is 2. The van der Waals surface area contributed by atoms with Crippen molar-refractivity contribution in [3.05, 3.63) is 138 Å². The molecule has 5 aromatic rings. The van der Waals surface area contributed by atoms with Crippen LogP contribution in [0.3, 0.4) is 0 Å². The molecule has 6 heteroatoms.